The number of aliphatic hydroxyl groups excluding tert-OH is 2. The van der Waals surface area contributed by atoms with Crippen LogP contribution in [0.5, 0.6) is 5.75 Å². The number of nitrogens with zero attached hydrogens (tertiary/aromatic N) is 2. The summed E-state index contributed by atoms with van der Waals surface area (Å²) in [6.45, 7) is 11.6. The summed E-state index contributed by atoms with van der Waals surface area (Å²) in [4.78, 5) is 36.7. The number of fused-ring (bicyclic) bond motifs is 2. The molecule has 1 aliphatic heterocycles. The zero-order chi connectivity index (χ0) is 39.6. The molecule has 55 heavy (non-hydrogen) atoms. The van der Waals surface area contributed by atoms with Crippen molar-refractivity contribution in [2.45, 2.75) is 91.3 Å². The van der Waals surface area contributed by atoms with Gasteiger partial charge in [-0.3, -0.25) is 14.4 Å². The van der Waals surface area contributed by atoms with Crippen molar-refractivity contribution >= 4 is 11.8 Å². The summed E-state index contributed by atoms with van der Waals surface area (Å²) in [5.74, 6) is 1.74. The largest absolute Gasteiger partial charge is 0.496 e. The third-order valence-electron chi connectivity index (χ3n) is 12.9. The second kappa shape index (κ2) is 17.1. The molecule has 4 fully saturated rings. The molecule has 10 nitrogen and oxygen atoms in total. The monoisotopic (exact) mass is 754 g/mol. The molecule has 0 aromatic heterocycles. The highest BCUT2D eigenvalue weighted by atomic mass is 16.7. The van der Waals surface area contributed by atoms with E-state index < -0.39 is 12.1 Å². The number of nitrogens with one attached hydrogen (secondary N) is 2. The van der Waals surface area contributed by atoms with Gasteiger partial charge >= 0.3 is 0 Å². The normalized spacial score (nSPS) is 26.4. The highest BCUT2D eigenvalue weighted by molar-refractivity contribution is 5.96. The van der Waals surface area contributed by atoms with E-state index in [2.05, 4.69) is 62.3 Å². The van der Waals surface area contributed by atoms with Gasteiger partial charge in [-0.15, -0.1) is 0 Å². The first-order valence-corrected chi connectivity index (χ1v) is 20.0. The number of rotatable bonds is 15. The average Bonchev–Trinajstić information content (AvgIpc) is 3.53. The van der Waals surface area contributed by atoms with Gasteiger partial charge in [0.15, 0.2) is 0 Å². The van der Waals surface area contributed by atoms with E-state index in [-0.39, 0.29) is 55.5 Å². The van der Waals surface area contributed by atoms with Crippen LogP contribution in [0.1, 0.15) is 74.5 Å². The van der Waals surface area contributed by atoms with Gasteiger partial charge in [0, 0.05) is 41.2 Å². The van der Waals surface area contributed by atoms with Gasteiger partial charge in [0.1, 0.15) is 17.9 Å². The number of amides is 2. The maximum Gasteiger partial charge on any atom is 0.251 e. The Balaban J connectivity index is 1.26. The Hall–Kier alpha value is -3.80. The number of carbonyl (C=O) groups excluding carboxylic acids is 2. The number of likely N-dealkylation sites (N-methyl/N-ethyl adjacent to an activating group) is 1. The maximum absolute atomic E-state index is 14.4. The summed E-state index contributed by atoms with van der Waals surface area (Å²) in [7, 11) is 5.59. The molecule has 3 aliphatic carbocycles. The predicted molar refractivity (Wildman–Crippen MR) is 215 cm³/mol. The van der Waals surface area contributed by atoms with Crippen molar-refractivity contribution in [1.82, 2.24) is 20.6 Å². The first-order chi connectivity index (χ1) is 26.2. The van der Waals surface area contributed by atoms with Crippen molar-refractivity contribution in [1.29, 1.82) is 0 Å². The number of aliphatic hydroxyl groups is 2. The van der Waals surface area contributed by atoms with Gasteiger partial charge in [0.05, 0.1) is 26.9 Å². The number of ether oxygens (including phenoxy) is 1. The summed E-state index contributed by atoms with van der Waals surface area (Å²) in [6.07, 6.45) is 2.36. The van der Waals surface area contributed by atoms with Crippen molar-refractivity contribution in [3.63, 3.8) is 0 Å². The minimum atomic E-state index is -0.608. The van der Waals surface area contributed by atoms with Crippen LogP contribution < -0.4 is 15.4 Å². The Labute approximate surface area is 327 Å². The van der Waals surface area contributed by atoms with Crippen LogP contribution in [0.2, 0.25) is 0 Å². The summed E-state index contributed by atoms with van der Waals surface area (Å²) in [5.41, 5.74) is 4.75. The number of hydrogen-bond acceptors (Lipinski definition) is 8. The van der Waals surface area contributed by atoms with Crippen molar-refractivity contribution in [3.05, 3.63) is 89.0 Å². The van der Waals surface area contributed by atoms with Crippen molar-refractivity contribution in [2.75, 3.05) is 34.4 Å². The Kier molecular flexibility index (Phi) is 12.7. The Morgan fingerprint density at radius 1 is 1.02 bits per heavy atom. The number of carbonyl (C=O) groups is 2. The molecule has 4 aliphatic rings. The van der Waals surface area contributed by atoms with E-state index in [0.29, 0.717) is 53.0 Å². The van der Waals surface area contributed by atoms with E-state index in [9.17, 15) is 19.8 Å². The molecule has 10 heteroatoms. The highest BCUT2D eigenvalue weighted by Crippen LogP contribution is 2.61. The number of hydrogen-bond donors (Lipinski definition) is 4. The van der Waals surface area contributed by atoms with Crippen molar-refractivity contribution in [3.8, 4) is 16.9 Å². The second-order valence-electron chi connectivity index (χ2n) is 17.4. The zero-order valence-corrected chi connectivity index (χ0v) is 33.9. The first-order valence-electron chi connectivity index (χ1n) is 20.0. The van der Waals surface area contributed by atoms with Crippen LogP contribution in [0.4, 0.5) is 0 Å². The van der Waals surface area contributed by atoms with Gasteiger partial charge in [-0.05, 0) is 97.3 Å². The lowest BCUT2D eigenvalue weighted by molar-refractivity contribution is -0.183. The topological polar surface area (TPSA) is 124 Å². The summed E-state index contributed by atoms with van der Waals surface area (Å²) >= 11 is 0. The zero-order valence-electron chi connectivity index (χ0n) is 33.9. The standard InChI is InChI=1S/C45H62N4O6/c1-27(2)40-39(26-51)55-49(41(40)44(53)47-38-22-34-21-37(28(38)3)45(34,4)5)23-31-15-12-16-36(42(31)54-8)32-17-30(25-50)18-33(20-32)43(52)46-35(24-48(6)7)19-29-13-10-9-11-14-29/h9-18,20,27-28,34-35,37-41,50-51H,19,21-26H2,1-8H3,(H,46,52)(H,47,53)/t28-,34+,35-,37-,38-,39-,40-,41-/m0/s1. The van der Waals surface area contributed by atoms with Crippen LogP contribution in [0.3, 0.4) is 0 Å². The fourth-order valence-electron chi connectivity index (χ4n) is 9.89. The fourth-order valence-corrected chi connectivity index (χ4v) is 9.89. The average molecular weight is 755 g/mol. The summed E-state index contributed by atoms with van der Waals surface area (Å²) in [6, 6.07) is 20.7. The lowest BCUT2D eigenvalue weighted by Gasteiger charge is -2.62. The van der Waals surface area contributed by atoms with E-state index in [1.54, 1.807) is 18.2 Å². The first kappa shape index (κ1) is 40.9. The SMILES string of the molecule is COc1c(CN2O[C@@H](CO)[C@H](C(C)C)[C@H]2C(=O)N[C@H]2C[C@H]3C[C@@H]([C@@H]2C)C3(C)C)cccc1-c1cc(CO)cc(C(=O)N[C@@H](Cc2ccccc2)CN(C)C)c1. The molecule has 2 bridgehead atoms. The number of hydroxylamine groups is 2. The minimum absolute atomic E-state index is 0.0631. The molecule has 2 amide bonds. The summed E-state index contributed by atoms with van der Waals surface area (Å²) in [5, 5.41) is 29.2. The van der Waals surface area contributed by atoms with E-state index in [1.165, 1.54) is 6.42 Å². The van der Waals surface area contributed by atoms with Gasteiger partial charge in [0.2, 0.25) is 5.91 Å². The highest BCUT2D eigenvalue weighted by Gasteiger charge is 2.57. The molecular formula is C45H62N4O6. The molecule has 3 saturated carbocycles. The van der Waals surface area contributed by atoms with Crippen LogP contribution >= 0.6 is 0 Å². The molecule has 0 radical (unpaired) electrons. The molecule has 3 aromatic carbocycles. The van der Waals surface area contributed by atoms with E-state index in [0.717, 1.165) is 28.7 Å². The third-order valence-corrected chi connectivity index (χ3v) is 12.9. The molecule has 0 spiro atoms. The molecule has 1 heterocycles. The van der Waals surface area contributed by atoms with Gasteiger partial charge in [-0.2, -0.15) is 5.06 Å². The number of benzene rings is 3. The molecule has 8 atom stereocenters. The van der Waals surface area contributed by atoms with Gasteiger partial charge in [0.25, 0.3) is 5.91 Å². The molecule has 7 rings (SSSR count). The molecular weight excluding hydrogens is 693 g/mol. The molecule has 1 saturated heterocycles. The molecule has 298 valence electrons. The van der Waals surface area contributed by atoms with E-state index in [4.69, 9.17) is 9.57 Å². The van der Waals surface area contributed by atoms with Crippen molar-refractivity contribution in [2.24, 2.45) is 35.0 Å². The van der Waals surface area contributed by atoms with E-state index in [1.807, 2.05) is 62.6 Å². The number of methoxy groups -OCH3 is 1. The predicted octanol–water partition coefficient (Wildman–Crippen LogP) is 5.69. The summed E-state index contributed by atoms with van der Waals surface area (Å²) < 4.78 is 6.08. The smallest absolute Gasteiger partial charge is 0.251 e. The molecule has 4 N–H and O–H groups in total. The molecule has 0 unspecified atom stereocenters. The second-order valence-corrected chi connectivity index (χ2v) is 17.4. The lowest BCUT2D eigenvalue weighted by atomic mass is 9.45. The van der Waals surface area contributed by atoms with Gasteiger partial charge in [-0.25, -0.2) is 0 Å². The number of para-hydroxylation sites is 1. The lowest BCUT2D eigenvalue weighted by Crippen LogP contribution is -2.62. The quantitative estimate of drug-likeness (QED) is 0.156. The van der Waals surface area contributed by atoms with Crippen LogP contribution in [0.15, 0.2) is 66.7 Å². The Morgan fingerprint density at radius 2 is 1.76 bits per heavy atom. The molecule has 3 aromatic rings. The van der Waals surface area contributed by atoms with Crippen LogP contribution in [-0.4, -0.2) is 90.6 Å². The Bertz CT molecular complexity index is 1800. The van der Waals surface area contributed by atoms with Gasteiger partial charge in [-0.1, -0.05) is 83.1 Å². The van der Waals surface area contributed by atoms with Crippen LogP contribution in [0, 0.1) is 35.0 Å². The van der Waals surface area contributed by atoms with E-state index >= 15 is 0 Å². The minimum Gasteiger partial charge on any atom is -0.496 e. The van der Waals surface area contributed by atoms with Crippen molar-refractivity contribution < 1.29 is 29.4 Å². The Morgan fingerprint density at radius 3 is 2.38 bits per heavy atom. The van der Waals surface area contributed by atoms with Crippen LogP contribution in [-0.2, 0) is 29.2 Å². The van der Waals surface area contributed by atoms with Gasteiger partial charge < -0.3 is 30.5 Å². The third kappa shape index (κ3) is 8.64. The fraction of sp³-hybridized carbons (Fsp3) is 0.556. The maximum atomic E-state index is 14.4. The van der Waals surface area contributed by atoms with Crippen LogP contribution in [0.25, 0.3) is 11.1 Å².